The minimum absolute atomic E-state index is 0.257. The Bertz CT molecular complexity index is 862. The van der Waals surface area contributed by atoms with Crippen molar-refractivity contribution in [2.75, 3.05) is 0 Å². The number of hydrogen-bond donors (Lipinski definition) is 2. The zero-order chi connectivity index (χ0) is 19.1. The molecule has 134 valence electrons. The molecule has 0 heterocycles. The van der Waals surface area contributed by atoms with Crippen molar-refractivity contribution in [1.82, 2.24) is 0 Å². The first-order chi connectivity index (χ1) is 12.2. The Kier molecular flexibility index (Phi) is 5.18. The second-order valence-corrected chi connectivity index (χ2v) is 8.45. The number of hydrogen-bond acceptors (Lipinski definition) is 2. The lowest BCUT2D eigenvalue weighted by Gasteiger charge is -2.33. The largest absolute Gasteiger partial charge is 0.506 e. The predicted octanol–water partition coefficient (Wildman–Crippen LogP) is 6.59. The summed E-state index contributed by atoms with van der Waals surface area (Å²) in [6.07, 6.45) is 0. The van der Waals surface area contributed by atoms with Crippen molar-refractivity contribution >= 4 is 31.9 Å². The highest BCUT2D eigenvalue weighted by Gasteiger charge is 2.33. The van der Waals surface area contributed by atoms with Crippen LogP contribution in [0.25, 0.3) is 0 Å². The molecule has 0 saturated carbocycles. The van der Waals surface area contributed by atoms with Gasteiger partial charge in [-0.15, -0.1) is 0 Å². The Morgan fingerprint density at radius 2 is 1.12 bits per heavy atom. The Hall–Kier alpha value is -1.78. The van der Waals surface area contributed by atoms with Crippen LogP contribution in [0.4, 0.5) is 0 Å². The molecule has 2 nitrogen and oxygen atoms in total. The van der Waals surface area contributed by atoms with Crippen molar-refractivity contribution in [3.05, 3.63) is 91.4 Å². The highest BCUT2D eigenvalue weighted by atomic mass is 79.9. The van der Waals surface area contributed by atoms with Crippen molar-refractivity contribution < 1.29 is 10.2 Å². The highest BCUT2D eigenvalue weighted by Crippen LogP contribution is 2.44. The summed E-state index contributed by atoms with van der Waals surface area (Å²) in [6.45, 7) is 5.96. The van der Waals surface area contributed by atoms with E-state index in [2.05, 4.69) is 50.9 Å². The molecule has 0 radical (unpaired) electrons. The standard InChI is InChI=1S/C22H20Br2O2/c1-13-9-16(11-18(23)20(13)25)22(3,15-7-5-4-6-8-15)17-10-14(2)21(26)19(24)12-17/h4-12,25-26H,1-3H3. The van der Waals surface area contributed by atoms with Crippen LogP contribution in [0.1, 0.15) is 34.7 Å². The summed E-state index contributed by atoms with van der Waals surface area (Å²) >= 11 is 6.95. The Labute approximate surface area is 170 Å². The fraction of sp³-hybridized carbons (Fsp3) is 0.182. The molecule has 0 aliphatic heterocycles. The minimum atomic E-state index is -0.455. The van der Waals surface area contributed by atoms with Gasteiger partial charge in [0.2, 0.25) is 0 Å². The summed E-state index contributed by atoms with van der Waals surface area (Å²) in [7, 11) is 0. The zero-order valence-electron chi connectivity index (χ0n) is 14.8. The fourth-order valence-electron chi connectivity index (χ4n) is 3.32. The third kappa shape index (κ3) is 3.17. The maximum absolute atomic E-state index is 10.2. The summed E-state index contributed by atoms with van der Waals surface area (Å²) in [5, 5.41) is 20.3. The van der Waals surface area contributed by atoms with Crippen LogP contribution in [-0.4, -0.2) is 10.2 Å². The molecule has 0 aliphatic carbocycles. The molecule has 0 bridgehead atoms. The molecular formula is C22H20Br2O2. The molecule has 4 heteroatoms. The molecule has 0 aliphatic rings. The van der Waals surface area contributed by atoms with Crippen LogP contribution in [0.15, 0.2) is 63.5 Å². The molecule has 3 aromatic carbocycles. The first kappa shape index (κ1) is 19.0. The van der Waals surface area contributed by atoms with Crippen molar-refractivity contribution in [3.63, 3.8) is 0 Å². The Balaban J connectivity index is 2.35. The molecule has 3 aromatic rings. The molecule has 0 fully saturated rings. The summed E-state index contributed by atoms with van der Waals surface area (Å²) in [5.41, 5.74) is 4.42. The van der Waals surface area contributed by atoms with Crippen LogP contribution in [0.5, 0.6) is 11.5 Å². The maximum Gasteiger partial charge on any atom is 0.132 e. The Morgan fingerprint density at radius 3 is 1.50 bits per heavy atom. The van der Waals surface area contributed by atoms with Crippen LogP contribution in [0.3, 0.4) is 0 Å². The third-order valence-corrected chi connectivity index (χ3v) is 6.22. The number of benzene rings is 3. The van der Waals surface area contributed by atoms with Gasteiger partial charge >= 0.3 is 0 Å². The van der Waals surface area contributed by atoms with Gasteiger partial charge in [0.05, 0.1) is 8.95 Å². The van der Waals surface area contributed by atoms with Gasteiger partial charge in [-0.1, -0.05) is 42.5 Å². The van der Waals surface area contributed by atoms with E-state index in [4.69, 9.17) is 0 Å². The van der Waals surface area contributed by atoms with Gasteiger partial charge in [-0.3, -0.25) is 0 Å². The van der Waals surface area contributed by atoms with Gasteiger partial charge in [-0.05, 0) is 92.6 Å². The average molecular weight is 476 g/mol. The lowest BCUT2D eigenvalue weighted by atomic mass is 9.70. The van der Waals surface area contributed by atoms with Crippen molar-refractivity contribution in [2.24, 2.45) is 0 Å². The first-order valence-corrected chi connectivity index (χ1v) is 9.88. The summed E-state index contributed by atoms with van der Waals surface area (Å²) in [6, 6.07) is 18.2. The summed E-state index contributed by atoms with van der Waals surface area (Å²) in [4.78, 5) is 0. The molecule has 0 unspecified atom stereocenters. The molecule has 26 heavy (non-hydrogen) atoms. The van der Waals surface area contributed by atoms with Gasteiger partial charge in [0.15, 0.2) is 0 Å². The molecule has 0 spiro atoms. The number of halogens is 2. The number of aryl methyl sites for hydroxylation is 2. The van der Waals surface area contributed by atoms with E-state index in [0.717, 1.165) is 27.8 Å². The molecular weight excluding hydrogens is 456 g/mol. The number of aromatic hydroxyl groups is 2. The fourth-order valence-corrected chi connectivity index (χ4v) is 4.44. The summed E-state index contributed by atoms with van der Waals surface area (Å²) in [5.74, 6) is 0.513. The number of phenols is 2. The maximum atomic E-state index is 10.2. The molecule has 0 aromatic heterocycles. The van der Waals surface area contributed by atoms with Crippen molar-refractivity contribution in [2.45, 2.75) is 26.2 Å². The smallest absolute Gasteiger partial charge is 0.132 e. The van der Waals surface area contributed by atoms with Crippen LogP contribution >= 0.6 is 31.9 Å². The second-order valence-electron chi connectivity index (χ2n) is 6.74. The lowest BCUT2D eigenvalue weighted by molar-refractivity contribution is 0.466. The molecule has 2 N–H and O–H groups in total. The van der Waals surface area contributed by atoms with Crippen molar-refractivity contribution in [1.29, 1.82) is 0 Å². The summed E-state index contributed by atoms with van der Waals surface area (Å²) < 4.78 is 1.34. The number of rotatable bonds is 3. The topological polar surface area (TPSA) is 40.5 Å². The Morgan fingerprint density at radius 1 is 0.692 bits per heavy atom. The van der Waals surface area contributed by atoms with E-state index in [1.165, 1.54) is 0 Å². The SMILES string of the molecule is Cc1cc(C(C)(c2ccccc2)c2cc(C)c(O)c(Br)c2)cc(Br)c1O. The number of phenolic OH excluding ortho intramolecular Hbond substituents is 2. The van der Waals surface area contributed by atoms with E-state index >= 15 is 0 Å². The van der Waals surface area contributed by atoms with E-state index in [1.54, 1.807) is 0 Å². The van der Waals surface area contributed by atoms with Gasteiger partial charge in [0.25, 0.3) is 0 Å². The average Bonchev–Trinajstić information content (AvgIpc) is 2.63. The van der Waals surface area contributed by atoms with Gasteiger partial charge in [-0.25, -0.2) is 0 Å². The van der Waals surface area contributed by atoms with Gasteiger partial charge < -0.3 is 10.2 Å². The van der Waals surface area contributed by atoms with E-state index in [9.17, 15) is 10.2 Å². The molecule has 0 saturated heterocycles. The van der Waals surface area contributed by atoms with Crippen LogP contribution in [-0.2, 0) is 5.41 Å². The van der Waals surface area contributed by atoms with Crippen molar-refractivity contribution in [3.8, 4) is 11.5 Å². The van der Waals surface area contributed by atoms with Crippen LogP contribution in [0, 0.1) is 13.8 Å². The molecule has 0 amide bonds. The van der Waals surface area contributed by atoms with Gasteiger partial charge in [-0.2, -0.15) is 0 Å². The van der Waals surface area contributed by atoms with E-state index in [1.807, 2.05) is 56.3 Å². The second kappa shape index (κ2) is 7.09. The van der Waals surface area contributed by atoms with E-state index in [0.29, 0.717) is 8.95 Å². The van der Waals surface area contributed by atoms with Gasteiger partial charge in [0, 0.05) is 5.41 Å². The molecule has 0 atom stereocenters. The molecule has 3 rings (SSSR count). The van der Waals surface area contributed by atoms with Gasteiger partial charge in [0.1, 0.15) is 11.5 Å². The van der Waals surface area contributed by atoms with E-state index in [-0.39, 0.29) is 11.5 Å². The minimum Gasteiger partial charge on any atom is -0.506 e. The van der Waals surface area contributed by atoms with E-state index < -0.39 is 5.41 Å². The quantitative estimate of drug-likeness (QED) is 0.419. The normalized spacial score (nSPS) is 11.6. The van der Waals surface area contributed by atoms with Crippen LogP contribution in [0.2, 0.25) is 0 Å². The first-order valence-electron chi connectivity index (χ1n) is 8.30. The predicted molar refractivity (Wildman–Crippen MR) is 113 cm³/mol. The monoisotopic (exact) mass is 474 g/mol. The lowest BCUT2D eigenvalue weighted by Crippen LogP contribution is -2.25. The zero-order valence-corrected chi connectivity index (χ0v) is 18.0. The third-order valence-electron chi connectivity index (χ3n) is 5.01. The highest BCUT2D eigenvalue weighted by molar-refractivity contribution is 9.10. The van der Waals surface area contributed by atoms with Crippen LogP contribution < -0.4 is 0 Å².